The number of aromatic nitrogens is 1. The van der Waals surface area contributed by atoms with Gasteiger partial charge in [0, 0.05) is 17.7 Å². The molecule has 1 aromatic heterocycles. The monoisotopic (exact) mass is 229 g/mol. The van der Waals surface area contributed by atoms with Crippen molar-refractivity contribution in [3.63, 3.8) is 0 Å². The van der Waals surface area contributed by atoms with Gasteiger partial charge in [0.25, 0.3) is 0 Å². The Bertz CT molecular complexity index is 290. The smallest absolute Gasteiger partial charge is 0.212 e. The third-order valence-corrected chi connectivity index (χ3v) is 1.75. The molecule has 12 heavy (non-hydrogen) atoms. The van der Waals surface area contributed by atoms with Crippen molar-refractivity contribution in [1.82, 2.24) is 4.98 Å². The maximum atomic E-state index is 10.1. The molecule has 0 aliphatic heterocycles. The van der Waals surface area contributed by atoms with E-state index in [1.807, 2.05) is 6.07 Å². The second kappa shape index (κ2) is 4.06. The van der Waals surface area contributed by atoms with Gasteiger partial charge in [-0.3, -0.25) is 4.79 Å². The molecule has 1 amide bonds. The highest BCUT2D eigenvalue weighted by Crippen LogP contribution is 2.21. The van der Waals surface area contributed by atoms with Crippen LogP contribution in [0.3, 0.4) is 0 Å². The molecule has 2 N–H and O–H groups in total. The number of pyridine rings is 1. The summed E-state index contributed by atoms with van der Waals surface area (Å²) in [5, 5.41) is 5.39. The molecule has 1 aromatic rings. The Labute approximate surface area is 78.5 Å². The maximum Gasteiger partial charge on any atom is 0.212 e. The minimum absolute atomic E-state index is 0.524. The first kappa shape index (κ1) is 8.99. The summed E-state index contributed by atoms with van der Waals surface area (Å²) in [6, 6.07) is 1.83. The van der Waals surface area contributed by atoms with E-state index in [-0.39, 0.29) is 0 Å². The Morgan fingerprint density at radius 3 is 3.00 bits per heavy atom. The number of carbonyl (C=O) groups excluding carboxylic acids is 1. The molecule has 0 fully saturated rings. The Balaban J connectivity index is 3.01. The zero-order valence-electron chi connectivity index (χ0n) is 6.47. The molecule has 0 atom stereocenters. The predicted octanol–water partition coefficient (Wildman–Crippen LogP) is 1.45. The van der Waals surface area contributed by atoms with E-state index in [1.165, 1.54) is 0 Å². The van der Waals surface area contributed by atoms with Gasteiger partial charge in [-0.05, 0) is 22.0 Å². The van der Waals surface area contributed by atoms with E-state index < -0.39 is 0 Å². The molecule has 0 radical (unpaired) electrons. The van der Waals surface area contributed by atoms with Gasteiger partial charge in [0.2, 0.25) is 6.41 Å². The largest absolute Gasteiger partial charge is 0.385 e. The number of rotatable bonds is 3. The van der Waals surface area contributed by atoms with Gasteiger partial charge in [-0.2, -0.15) is 0 Å². The number of nitrogens with zero attached hydrogens (tertiary/aromatic N) is 1. The lowest BCUT2D eigenvalue weighted by Crippen LogP contribution is -2.01. The van der Waals surface area contributed by atoms with Crippen LogP contribution in [0.4, 0.5) is 11.5 Å². The number of anilines is 2. The summed E-state index contributed by atoms with van der Waals surface area (Å²) in [5.74, 6) is 0.524. The van der Waals surface area contributed by atoms with Crippen molar-refractivity contribution in [2.45, 2.75) is 0 Å². The first-order valence-electron chi connectivity index (χ1n) is 3.31. The van der Waals surface area contributed by atoms with Crippen molar-refractivity contribution in [2.24, 2.45) is 0 Å². The average molecular weight is 230 g/mol. The van der Waals surface area contributed by atoms with Crippen LogP contribution in [0.5, 0.6) is 0 Å². The number of nitrogens with one attached hydrogen (secondary N) is 2. The van der Waals surface area contributed by atoms with Gasteiger partial charge >= 0.3 is 0 Å². The fraction of sp³-hybridized carbons (Fsp3) is 0.143. The lowest BCUT2D eigenvalue weighted by molar-refractivity contribution is -0.105. The van der Waals surface area contributed by atoms with Gasteiger partial charge in [0.1, 0.15) is 0 Å². The second-order valence-corrected chi connectivity index (χ2v) is 2.98. The van der Waals surface area contributed by atoms with Crippen LogP contribution in [-0.4, -0.2) is 18.4 Å². The van der Waals surface area contributed by atoms with Gasteiger partial charge in [0.15, 0.2) is 5.82 Å². The van der Waals surface area contributed by atoms with E-state index in [9.17, 15) is 4.79 Å². The molecule has 1 heterocycles. The van der Waals surface area contributed by atoms with Gasteiger partial charge < -0.3 is 10.6 Å². The van der Waals surface area contributed by atoms with Crippen molar-refractivity contribution in [1.29, 1.82) is 0 Å². The average Bonchev–Trinajstić information content (AvgIpc) is 2.08. The molecule has 0 saturated carbocycles. The predicted molar refractivity (Wildman–Crippen MR) is 51.2 cm³/mol. The first-order chi connectivity index (χ1) is 5.77. The molecule has 64 valence electrons. The minimum atomic E-state index is 0.524. The quantitative estimate of drug-likeness (QED) is 0.772. The lowest BCUT2D eigenvalue weighted by Gasteiger charge is -2.05. The van der Waals surface area contributed by atoms with Crippen molar-refractivity contribution in [3.8, 4) is 0 Å². The molecule has 0 aliphatic rings. The fourth-order valence-corrected chi connectivity index (χ4v) is 1.13. The summed E-state index contributed by atoms with van der Waals surface area (Å²) in [6.07, 6.45) is 2.21. The van der Waals surface area contributed by atoms with Gasteiger partial charge in [-0.15, -0.1) is 0 Å². The van der Waals surface area contributed by atoms with Crippen LogP contribution in [0.25, 0.3) is 0 Å². The Morgan fingerprint density at radius 1 is 1.67 bits per heavy atom. The summed E-state index contributed by atoms with van der Waals surface area (Å²) in [5.41, 5.74) is 0.775. The molecule has 0 saturated heterocycles. The van der Waals surface area contributed by atoms with Crippen LogP contribution in [-0.2, 0) is 4.79 Å². The zero-order valence-corrected chi connectivity index (χ0v) is 8.05. The topological polar surface area (TPSA) is 54.0 Å². The molecule has 0 unspecified atom stereocenters. The van der Waals surface area contributed by atoms with Gasteiger partial charge in [-0.25, -0.2) is 4.98 Å². The summed E-state index contributed by atoms with van der Waals surface area (Å²) >= 11 is 3.27. The van der Waals surface area contributed by atoms with Gasteiger partial charge in [-0.1, -0.05) is 0 Å². The summed E-state index contributed by atoms with van der Waals surface area (Å²) in [6.45, 7) is 0. The van der Waals surface area contributed by atoms with Crippen LogP contribution >= 0.6 is 15.9 Å². The summed E-state index contributed by atoms with van der Waals surface area (Å²) < 4.78 is 0.864. The van der Waals surface area contributed by atoms with Crippen molar-refractivity contribution in [2.75, 3.05) is 17.7 Å². The highest BCUT2D eigenvalue weighted by atomic mass is 79.9. The molecular formula is C7H8BrN3O. The highest BCUT2D eigenvalue weighted by molar-refractivity contribution is 9.10. The second-order valence-electron chi connectivity index (χ2n) is 2.06. The van der Waals surface area contributed by atoms with Crippen LogP contribution in [0.15, 0.2) is 16.7 Å². The number of amides is 1. The fourth-order valence-electron chi connectivity index (χ4n) is 0.801. The molecule has 1 rings (SSSR count). The van der Waals surface area contributed by atoms with E-state index in [1.54, 1.807) is 13.2 Å². The first-order valence-corrected chi connectivity index (χ1v) is 4.10. The Kier molecular flexibility index (Phi) is 3.04. The van der Waals surface area contributed by atoms with Crippen molar-refractivity contribution in [3.05, 3.63) is 16.7 Å². The van der Waals surface area contributed by atoms with Crippen molar-refractivity contribution < 1.29 is 4.79 Å². The Hall–Kier alpha value is -1.10. The molecule has 5 heteroatoms. The van der Waals surface area contributed by atoms with E-state index in [0.29, 0.717) is 12.2 Å². The number of halogens is 1. The minimum Gasteiger partial charge on any atom is -0.385 e. The standard InChI is InChI=1S/C7H8BrN3O/c1-9-6-2-5(8)3-10-7(6)11-4-12/h2-4,9H,1H3,(H,10,11,12). The summed E-state index contributed by atoms with van der Waals surface area (Å²) in [7, 11) is 1.76. The van der Waals surface area contributed by atoms with E-state index in [0.717, 1.165) is 10.2 Å². The third kappa shape index (κ3) is 1.94. The number of hydrogen-bond acceptors (Lipinski definition) is 3. The lowest BCUT2D eigenvalue weighted by atomic mass is 10.4. The highest BCUT2D eigenvalue weighted by Gasteiger charge is 2.00. The van der Waals surface area contributed by atoms with E-state index in [2.05, 4.69) is 31.5 Å². The number of hydrogen-bond donors (Lipinski definition) is 2. The molecule has 0 spiro atoms. The van der Waals surface area contributed by atoms with Gasteiger partial charge in [0.05, 0.1) is 5.69 Å². The van der Waals surface area contributed by atoms with E-state index >= 15 is 0 Å². The molecule has 0 aliphatic carbocycles. The number of carbonyl (C=O) groups is 1. The van der Waals surface area contributed by atoms with Crippen LogP contribution in [0.2, 0.25) is 0 Å². The molecule has 0 aromatic carbocycles. The van der Waals surface area contributed by atoms with Crippen LogP contribution in [0.1, 0.15) is 0 Å². The maximum absolute atomic E-state index is 10.1. The van der Waals surface area contributed by atoms with Crippen LogP contribution in [0, 0.1) is 0 Å². The molecular weight excluding hydrogens is 222 g/mol. The van der Waals surface area contributed by atoms with E-state index in [4.69, 9.17) is 0 Å². The zero-order chi connectivity index (χ0) is 8.97. The molecule has 0 bridgehead atoms. The normalized spacial score (nSPS) is 9.17. The van der Waals surface area contributed by atoms with Crippen LogP contribution < -0.4 is 10.6 Å². The SMILES string of the molecule is CNc1cc(Br)cnc1NC=O. The van der Waals surface area contributed by atoms with Crippen molar-refractivity contribution >= 4 is 33.8 Å². The third-order valence-electron chi connectivity index (χ3n) is 1.32. The summed E-state index contributed by atoms with van der Waals surface area (Å²) in [4.78, 5) is 14.1. The molecule has 4 nitrogen and oxygen atoms in total. The Morgan fingerprint density at radius 2 is 2.42 bits per heavy atom.